The van der Waals surface area contributed by atoms with Gasteiger partial charge in [-0.1, -0.05) is 11.6 Å². The lowest BCUT2D eigenvalue weighted by Gasteiger charge is -2.32. The zero-order valence-electron chi connectivity index (χ0n) is 13.2. The number of oxazole rings is 1. The summed E-state index contributed by atoms with van der Waals surface area (Å²) >= 11 is 0. The fraction of sp³-hybridized carbons (Fsp3) is 0.688. The number of piperidine rings is 1. The second kappa shape index (κ2) is 5.50. The summed E-state index contributed by atoms with van der Waals surface area (Å²) in [5.41, 5.74) is 0.971. The maximum Gasteiger partial charge on any atom is 0.229 e. The van der Waals surface area contributed by atoms with Crippen molar-refractivity contribution in [2.24, 2.45) is 0 Å². The molecule has 2 aliphatic rings. The SMILES string of the molecule is Cc1nc(CN2CCCCC2c2noc(C3CC3)n2)oc1C. The highest BCUT2D eigenvalue weighted by atomic mass is 16.5. The van der Waals surface area contributed by atoms with Crippen molar-refractivity contribution in [1.29, 1.82) is 0 Å². The third kappa shape index (κ3) is 2.67. The van der Waals surface area contributed by atoms with E-state index < -0.39 is 0 Å². The predicted octanol–water partition coefficient (Wildman–Crippen LogP) is 3.28. The normalized spacial score (nSPS) is 23.1. The summed E-state index contributed by atoms with van der Waals surface area (Å²) in [5.74, 6) is 3.85. The van der Waals surface area contributed by atoms with E-state index in [1.165, 1.54) is 25.7 Å². The first-order valence-corrected chi connectivity index (χ1v) is 8.21. The Morgan fingerprint density at radius 2 is 2.00 bits per heavy atom. The van der Waals surface area contributed by atoms with Gasteiger partial charge in [0.1, 0.15) is 5.76 Å². The van der Waals surface area contributed by atoms with Crippen LogP contribution in [-0.2, 0) is 6.54 Å². The summed E-state index contributed by atoms with van der Waals surface area (Å²) in [5, 5.41) is 4.24. The number of hydrogen-bond donors (Lipinski definition) is 0. The van der Waals surface area contributed by atoms with Crippen LogP contribution < -0.4 is 0 Å². The molecule has 1 aliphatic carbocycles. The summed E-state index contributed by atoms with van der Waals surface area (Å²) < 4.78 is 11.2. The molecule has 1 saturated carbocycles. The molecular formula is C16H22N4O2. The van der Waals surface area contributed by atoms with Crippen LogP contribution in [0.1, 0.15) is 73.1 Å². The highest BCUT2D eigenvalue weighted by Gasteiger charge is 2.33. The highest BCUT2D eigenvalue weighted by Crippen LogP contribution is 2.40. The number of nitrogens with zero attached hydrogens (tertiary/aromatic N) is 4. The van der Waals surface area contributed by atoms with E-state index in [0.717, 1.165) is 42.0 Å². The Labute approximate surface area is 129 Å². The Balaban J connectivity index is 1.52. The van der Waals surface area contributed by atoms with Crippen molar-refractivity contribution in [2.45, 2.75) is 64.5 Å². The molecule has 2 fully saturated rings. The first kappa shape index (κ1) is 13.9. The average molecular weight is 302 g/mol. The number of likely N-dealkylation sites (tertiary alicyclic amines) is 1. The Morgan fingerprint density at radius 1 is 1.14 bits per heavy atom. The molecule has 0 aromatic carbocycles. The molecule has 0 amide bonds. The molecule has 118 valence electrons. The molecule has 2 aromatic rings. The van der Waals surface area contributed by atoms with Crippen LogP contribution in [0.2, 0.25) is 0 Å². The van der Waals surface area contributed by atoms with E-state index in [1.54, 1.807) is 0 Å². The van der Waals surface area contributed by atoms with Crippen LogP contribution in [0.5, 0.6) is 0 Å². The Hall–Kier alpha value is -1.69. The van der Waals surface area contributed by atoms with Crippen molar-refractivity contribution in [2.75, 3.05) is 6.54 Å². The summed E-state index contributed by atoms with van der Waals surface area (Å²) in [7, 11) is 0. The highest BCUT2D eigenvalue weighted by molar-refractivity contribution is 5.07. The maximum absolute atomic E-state index is 5.74. The van der Waals surface area contributed by atoms with E-state index in [9.17, 15) is 0 Å². The van der Waals surface area contributed by atoms with Crippen LogP contribution in [0.4, 0.5) is 0 Å². The molecule has 1 aliphatic heterocycles. The Bertz CT molecular complexity index is 639. The fourth-order valence-electron chi connectivity index (χ4n) is 3.13. The molecule has 0 bridgehead atoms. The van der Waals surface area contributed by atoms with Gasteiger partial charge in [0.25, 0.3) is 0 Å². The topological polar surface area (TPSA) is 68.2 Å². The lowest BCUT2D eigenvalue weighted by Crippen LogP contribution is -2.33. The van der Waals surface area contributed by atoms with E-state index in [-0.39, 0.29) is 6.04 Å². The minimum Gasteiger partial charge on any atom is -0.444 e. The molecule has 0 N–H and O–H groups in total. The molecule has 1 unspecified atom stereocenters. The van der Waals surface area contributed by atoms with Gasteiger partial charge in [-0.3, -0.25) is 4.90 Å². The van der Waals surface area contributed by atoms with Gasteiger partial charge in [-0.25, -0.2) is 4.98 Å². The van der Waals surface area contributed by atoms with E-state index in [2.05, 4.69) is 20.0 Å². The summed E-state index contributed by atoms with van der Waals surface area (Å²) in [6.45, 7) is 5.68. The Morgan fingerprint density at radius 3 is 2.73 bits per heavy atom. The second-order valence-electron chi connectivity index (χ2n) is 6.50. The van der Waals surface area contributed by atoms with E-state index in [0.29, 0.717) is 12.5 Å². The second-order valence-corrected chi connectivity index (χ2v) is 6.50. The first-order chi connectivity index (χ1) is 10.7. The minimum absolute atomic E-state index is 0.220. The minimum atomic E-state index is 0.220. The quantitative estimate of drug-likeness (QED) is 0.863. The van der Waals surface area contributed by atoms with Gasteiger partial charge in [0.15, 0.2) is 5.82 Å². The van der Waals surface area contributed by atoms with Crippen molar-refractivity contribution in [3.8, 4) is 0 Å². The maximum atomic E-state index is 5.74. The van der Waals surface area contributed by atoms with Crippen molar-refractivity contribution in [3.05, 3.63) is 29.1 Å². The van der Waals surface area contributed by atoms with Crippen LogP contribution >= 0.6 is 0 Å². The van der Waals surface area contributed by atoms with Gasteiger partial charge in [0, 0.05) is 5.92 Å². The number of aromatic nitrogens is 3. The van der Waals surface area contributed by atoms with E-state index in [1.807, 2.05) is 13.8 Å². The van der Waals surface area contributed by atoms with Gasteiger partial charge in [-0.2, -0.15) is 4.98 Å². The zero-order valence-corrected chi connectivity index (χ0v) is 13.2. The summed E-state index contributed by atoms with van der Waals surface area (Å²) in [6, 6.07) is 0.220. The van der Waals surface area contributed by atoms with Crippen LogP contribution in [0.3, 0.4) is 0 Å². The fourth-order valence-corrected chi connectivity index (χ4v) is 3.13. The van der Waals surface area contributed by atoms with Gasteiger partial charge < -0.3 is 8.94 Å². The lowest BCUT2D eigenvalue weighted by molar-refractivity contribution is 0.119. The van der Waals surface area contributed by atoms with Crippen LogP contribution in [0.15, 0.2) is 8.94 Å². The van der Waals surface area contributed by atoms with E-state index >= 15 is 0 Å². The number of aryl methyl sites for hydroxylation is 2. The monoisotopic (exact) mass is 302 g/mol. The zero-order chi connectivity index (χ0) is 15.1. The molecule has 2 aromatic heterocycles. The van der Waals surface area contributed by atoms with Crippen molar-refractivity contribution >= 4 is 0 Å². The molecule has 1 atom stereocenters. The van der Waals surface area contributed by atoms with Gasteiger partial charge in [0.2, 0.25) is 11.8 Å². The molecule has 3 heterocycles. The number of hydrogen-bond acceptors (Lipinski definition) is 6. The predicted molar refractivity (Wildman–Crippen MR) is 79.3 cm³/mol. The molecule has 0 spiro atoms. The third-order valence-electron chi connectivity index (χ3n) is 4.71. The van der Waals surface area contributed by atoms with Gasteiger partial charge in [-0.15, -0.1) is 0 Å². The molecule has 6 heteroatoms. The van der Waals surface area contributed by atoms with Gasteiger partial charge >= 0.3 is 0 Å². The standard InChI is InChI=1S/C16H22N4O2/c1-10-11(2)21-14(17-10)9-20-8-4-3-5-13(20)15-18-16(22-19-15)12-6-7-12/h12-13H,3-9H2,1-2H3. The first-order valence-electron chi connectivity index (χ1n) is 8.21. The molecule has 6 nitrogen and oxygen atoms in total. The van der Waals surface area contributed by atoms with Gasteiger partial charge in [-0.05, 0) is 46.1 Å². The lowest BCUT2D eigenvalue weighted by atomic mass is 10.0. The van der Waals surface area contributed by atoms with E-state index in [4.69, 9.17) is 8.94 Å². The molecule has 4 rings (SSSR count). The van der Waals surface area contributed by atoms with Crippen molar-refractivity contribution in [1.82, 2.24) is 20.0 Å². The van der Waals surface area contributed by atoms with Crippen molar-refractivity contribution < 1.29 is 8.94 Å². The van der Waals surface area contributed by atoms with Gasteiger partial charge in [0.05, 0.1) is 18.3 Å². The van der Waals surface area contributed by atoms with Crippen molar-refractivity contribution in [3.63, 3.8) is 0 Å². The van der Waals surface area contributed by atoms with Crippen LogP contribution in [0, 0.1) is 13.8 Å². The third-order valence-corrected chi connectivity index (χ3v) is 4.71. The summed E-state index contributed by atoms with van der Waals surface area (Å²) in [4.78, 5) is 11.5. The number of rotatable bonds is 4. The summed E-state index contributed by atoms with van der Waals surface area (Å²) in [6.07, 6.45) is 5.85. The average Bonchev–Trinajstić information content (AvgIpc) is 3.16. The van der Waals surface area contributed by atoms with Crippen LogP contribution in [0.25, 0.3) is 0 Å². The van der Waals surface area contributed by atoms with Crippen LogP contribution in [-0.4, -0.2) is 26.6 Å². The molecular weight excluding hydrogens is 280 g/mol. The molecule has 22 heavy (non-hydrogen) atoms. The Kier molecular flexibility index (Phi) is 3.48. The molecule has 0 radical (unpaired) electrons. The largest absolute Gasteiger partial charge is 0.444 e. The smallest absolute Gasteiger partial charge is 0.229 e. The molecule has 1 saturated heterocycles.